The molecule has 0 heterocycles. The summed E-state index contributed by atoms with van der Waals surface area (Å²) in [6.07, 6.45) is 2.46. The SMILES string of the molecule is CCC(=CC(=O)C=O)c1ccccc1. The Balaban J connectivity index is 2.99. The smallest absolute Gasteiger partial charge is 0.218 e. The van der Waals surface area contributed by atoms with E-state index in [0.717, 1.165) is 17.6 Å². The molecule has 2 nitrogen and oxygen atoms in total. The van der Waals surface area contributed by atoms with Crippen molar-refractivity contribution < 1.29 is 9.59 Å². The molecule has 0 N–H and O–H groups in total. The summed E-state index contributed by atoms with van der Waals surface area (Å²) >= 11 is 0. The molecule has 0 fully saturated rings. The van der Waals surface area contributed by atoms with E-state index < -0.39 is 5.78 Å². The number of rotatable bonds is 4. The molecule has 2 heteroatoms. The molecule has 0 aliphatic carbocycles. The van der Waals surface area contributed by atoms with Crippen molar-refractivity contribution in [2.24, 2.45) is 0 Å². The van der Waals surface area contributed by atoms with Crippen LogP contribution in [0, 0.1) is 0 Å². The maximum absolute atomic E-state index is 10.9. The van der Waals surface area contributed by atoms with Gasteiger partial charge in [0.05, 0.1) is 0 Å². The van der Waals surface area contributed by atoms with Gasteiger partial charge in [-0.3, -0.25) is 9.59 Å². The van der Waals surface area contributed by atoms with Crippen molar-refractivity contribution >= 4 is 17.6 Å². The molecule has 0 amide bonds. The molecule has 0 unspecified atom stereocenters. The average Bonchev–Trinajstić information content (AvgIpc) is 2.26. The van der Waals surface area contributed by atoms with E-state index in [1.807, 2.05) is 37.3 Å². The highest BCUT2D eigenvalue weighted by atomic mass is 16.2. The number of benzene rings is 1. The first kappa shape index (κ1) is 10.4. The van der Waals surface area contributed by atoms with Crippen molar-refractivity contribution in [3.05, 3.63) is 42.0 Å². The summed E-state index contributed by atoms with van der Waals surface area (Å²) in [5, 5.41) is 0. The first-order chi connectivity index (χ1) is 6.77. The van der Waals surface area contributed by atoms with Gasteiger partial charge >= 0.3 is 0 Å². The van der Waals surface area contributed by atoms with Crippen molar-refractivity contribution in [2.45, 2.75) is 13.3 Å². The lowest BCUT2D eigenvalue weighted by molar-refractivity contribution is -0.126. The zero-order chi connectivity index (χ0) is 10.4. The Bertz CT molecular complexity index is 350. The fourth-order valence-electron chi connectivity index (χ4n) is 1.25. The van der Waals surface area contributed by atoms with E-state index in [1.54, 1.807) is 0 Å². The fourth-order valence-corrected chi connectivity index (χ4v) is 1.25. The van der Waals surface area contributed by atoms with E-state index >= 15 is 0 Å². The first-order valence-corrected chi connectivity index (χ1v) is 4.53. The van der Waals surface area contributed by atoms with Crippen LogP contribution in [-0.2, 0) is 9.59 Å². The molecular weight excluding hydrogens is 176 g/mol. The van der Waals surface area contributed by atoms with Crippen LogP contribution in [0.1, 0.15) is 18.9 Å². The molecule has 72 valence electrons. The van der Waals surface area contributed by atoms with Gasteiger partial charge in [0.2, 0.25) is 5.78 Å². The molecule has 1 aromatic rings. The minimum atomic E-state index is -0.481. The Morgan fingerprint density at radius 2 is 1.93 bits per heavy atom. The Hall–Kier alpha value is -1.70. The Morgan fingerprint density at radius 1 is 1.29 bits per heavy atom. The van der Waals surface area contributed by atoms with Crippen LogP contribution in [0.25, 0.3) is 5.57 Å². The Labute approximate surface area is 83.3 Å². The van der Waals surface area contributed by atoms with Crippen LogP contribution in [0.3, 0.4) is 0 Å². The second-order valence-electron chi connectivity index (χ2n) is 2.91. The number of aldehydes is 1. The van der Waals surface area contributed by atoms with E-state index in [2.05, 4.69) is 0 Å². The molecule has 0 saturated carbocycles. The lowest BCUT2D eigenvalue weighted by Crippen LogP contribution is -1.95. The van der Waals surface area contributed by atoms with E-state index in [0.29, 0.717) is 6.29 Å². The van der Waals surface area contributed by atoms with Crippen LogP contribution in [0.5, 0.6) is 0 Å². The number of ketones is 1. The summed E-state index contributed by atoms with van der Waals surface area (Å²) in [5.74, 6) is -0.481. The highest BCUT2D eigenvalue weighted by Gasteiger charge is 2.01. The maximum Gasteiger partial charge on any atom is 0.218 e. The molecule has 0 aliphatic rings. The number of carbonyl (C=O) groups is 2. The average molecular weight is 188 g/mol. The highest BCUT2D eigenvalue weighted by Crippen LogP contribution is 2.16. The van der Waals surface area contributed by atoms with Crippen molar-refractivity contribution in [1.82, 2.24) is 0 Å². The molecule has 0 radical (unpaired) electrons. The molecule has 1 aromatic carbocycles. The van der Waals surface area contributed by atoms with Crippen molar-refractivity contribution in [2.75, 3.05) is 0 Å². The summed E-state index contributed by atoms with van der Waals surface area (Å²) in [5.41, 5.74) is 1.88. The Morgan fingerprint density at radius 3 is 2.43 bits per heavy atom. The van der Waals surface area contributed by atoms with Gasteiger partial charge in [0.1, 0.15) is 0 Å². The van der Waals surface area contributed by atoms with Crippen molar-refractivity contribution in [1.29, 1.82) is 0 Å². The van der Waals surface area contributed by atoms with E-state index in [1.165, 1.54) is 6.08 Å². The first-order valence-electron chi connectivity index (χ1n) is 4.53. The molecule has 14 heavy (non-hydrogen) atoms. The standard InChI is InChI=1S/C12H12O2/c1-2-10(8-12(14)9-13)11-6-4-3-5-7-11/h3-9H,2H2,1H3. The number of hydrogen-bond acceptors (Lipinski definition) is 2. The van der Waals surface area contributed by atoms with E-state index in [4.69, 9.17) is 0 Å². The Kier molecular flexibility index (Phi) is 3.80. The normalized spacial score (nSPS) is 11.1. The predicted molar refractivity (Wildman–Crippen MR) is 55.8 cm³/mol. The van der Waals surface area contributed by atoms with Crippen LogP contribution in [-0.4, -0.2) is 12.1 Å². The lowest BCUT2D eigenvalue weighted by Gasteiger charge is -2.02. The van der Waals surface area contributed by atoms with Gasteiger partial charge in [-0.15, -0.1) is 0 Å². The van der Waals surface area contributed by atoms with Crippen LogP contribution in [0.2, 0.25) is 0 Å². The molecule has 0 aliphatic heterocycles. The minimum absolute atomic E-state index is 0.332. The highest BCUT2D eigenvalue weighted by molar-refractivity contribution is 6.32. The van der Waals surface area contributed by atoms with Gasteiger partial charge in [-0.1, -0.05) is 37.3 Å². The van der Waals surface area contributed by atoms with Gasteiger partial charge in [-0.2, -0.15) is 0 Å². The number of carbonyl (C=O) groups excluding carboxylic acids is 2. The maximum atomic E-state index is 10.9. The summed E-state index contributed by atoms with van der Waals surface area (Å²) in [7, 11) is 0. The van der Waals surface area contributed by atoms with Crippen LogP contribution in [0.15, 0.2) is 36.4 Å². The van der Waals surface area contributed by atoms with Crippen molar-refractivity contribution in [3.8, 4) is 0 Å². The van der Waals surface area contributed by atoms with Crippen LogP contribution < -0.4 is 0 Å². The summed E-state index contributed by atoms with van der Waals surface area (Å²) in [6, 6.07) is 9.58. The van der Waals surface area contributed by atoms with E-state index in [9.17, 15) is 9.59 Å². The van der Waals surface area contributed by atoms with Crippen LogP contribution >= 0.6 is 0 Å². The topological polar surface area (TPSA) is 34.1 Å². The van der Waals surface area contributed by atoms with Gasteiger partial charge in [-0.05, 0) is 23.6 Å². The van der Waals surface area contributed by atoms with E-state index in [-0.39, 0.29) is 0 Å². The van der Waals surface area contributed by atoms with Gasteiger partial charge in [0.15, 0.2) is 6.29 Å². The molecule has 0 aromatic heterocycles. The van der Waals surface area contributed by atoms with Gasteiger partial charge in [0, 0.05) is 0 Å². The second kappa shape index (κ2) is 5.12. The zero-order valence-corrected chi connectivity index (χ0v) is 8.07. The largest absolute Gasteiger partial charge is 0.294 e. The molecule has 0 saturated heterocycles. The summed E-state index contributed by atoms with van der Waals surface area (Å²) in [4.78, 5) is 21.1. The quantitative estimate of drug-likeness (QED) is 0.412. The van der Waals surface area contributed by atoms with Gasteiger partial charge < -0.3 is 0 Å². The number of hydrogen-bond donors (Lipinski definition) is 0. The van der Waals surface area contributed by atoms with Gasteiger partial charge in [-0.25, -0.2) is 0 Å². The molecule has 1 rings (SSSR count). The molecular formula is C12H12O2. The van der Waals surface area contributed by atoms with Gasteiger partial charge in [0.25, 0.3) is 0 Å². The summed E-state index contributed by atoms with van der Waals surface area (Å²) in [6.45, 7) is 1.96. The second-order valence-corrected chi connectivity index (χ2v) is 2.91. The minimum Gasteiger partial charge on any atom is -0.294 e. The third-order valence-corrected chi connectivity index (χ3v) is 1.96. The third kappa shape index (κ3) is 2.66. The molecule has 0 spiro atoms. The monoisotopic (exact) mass is 188 g/mol. The van der Waals surface area contributed by atoms with Crippen molar-refractivity contribution in [3.63, 3.8) is 0 Å². The predicted octanol–water partition coefficient (Wildman–Crippen LogP) is 2.25. The fraction of sp³-hybridized carbons (Fsp3) is 0.167. The molecule has 0 atom stereocenters. The number of allylic oxidation sites excluding steroid dienone is 2. The third-order valence-electron chi connectivity index (χ3n) is 1.96. The zero-order valence-electron chi connectivity index (χ0n) is 8.07. The lowest BCUT2D eigenvalue weighted by atomic mass is 10.0. The van der Waals surface area contributed by atoms with Crippen LogP contribution in [0.4, 0.5) is 0 Å². The molecule has 0 bridgehead atoms. The summed E-state index contributed by atoms with van der Waals surface area (Å²) < 4.78 is 0.